The van der Waals surface area contributed by atoms with Crippen LogP contribution in [-0.4, -0.2) is 31.3 Å². The minimum absolute atomic E-state index is 0.456. The molecule has 1 aromatic heterocycles. The Kier molecular flexibility index (Phi) is 6.00. The van der Waals surface area contributed by atoms with Crippen molar-refractivity contribution in [2.24, 2.45) is 0 Å². The van der Waals surface area contributed by atoms with Crippen molar-refractivity contribution in [2.75, 3.05) is 20.3 Å². The summed E-state index contributed by atoms with van der Waals surface area (Å²) in [5, 5.41) is 11.8. The molecule has 0 aliphatic heterocycles. The Bertz CT molecular complexity index is 359. The van der Waals surface area contributed by atoms with Gasteiger partial charge in [-0.3, -0.25) is 4.98 Å². The fraction of sp³-hybridized carbons (Fsp3) is 0.500. The molecule has 1 unspecified atom stereocenters. The number of nitrogens with zero attached hydrogens (tertiary/aromatic N) is 2. The second-order valence-electron chi connectivity index (χ2n) is 3.54. The molecule has 0 fully saturated rings. The Hall–Kier alpha value is -1.64. The summed E-state index contributed by atoms with van der Waals surface area (Å²) in [6, 6.07) is 5.69. The third-order valence-corrected chi connectivity index (χ3v) is 2.08. The zero-order valence-electron chi connectivity index (χ0n) is 10.1. The molecular formula is C12H17N3O2. The van der Waals surface area contributed by atoms with Gasteiger partial charge < -0.3 is 14.8 Å². The SMILES string of the molecule is COCCNCc1ccc(OC(C)C#N)cn1. The van der Waals surface area contributed by atoms with E-state index in [0.29, 0.717) is 18.9 Å². The Morgan fingerprint density at radius 1 is 1.53 bits per heavy atom. The average molecular weight is 235 g/mol. The first-order valence-electron chi connectivity index (χ1n) is 5.47. The highest BCUT2D eigenvalue weighted by Gasteiger charge is 2.02. The standard InChI is InChI=1S/C12H17N3O2/c1-10(7-13)17-12-4-3-11(15-9-12)8-14-5-6-16-2/h3-4,9-10,14H,5-6,8H2,1-2H3. The zero-order chi connectivity index (χ0) is 12.5. The van der Waals surface area contributed by atoms with E-state index in [1.165, 1.54) is 0 Å². The number of hydrogen-bond acceptors (Lipinski definition) is 5. The van der Waals surface area contributed by atoms with Gasteiger partial charge in [0.2, 0.25) is 0 Å². The second kappa shape index (κ2) is 7.60. The lowest BCUT2D eigenvalue weighted by atomic mass is 10.3. The van der Waals surface area contributed by atoms with Crippen LogP contribution in [0, 0.1) is 11.3 Å². The Morgan fingerprint density at radius 3 is 2.94 bits per heavy atom. The van der Waals surface area contributed by atoms with Crippen LogP contribution in [0.1, 0.15) is 12.6 Å². The summed E-state index contributed by atoms with van der Waals surface area (Å²) in [5.74, 6) is 0.611. The first-order chi connectivity index (χ1) is 8.26. The highest BCUT2D eigenvalue weighted by molar-refractivity contribution is 5.20. The van der Waals surface area contributed by atoms with Crippen molar-refractivity contribution < 1.29 is 9.47 Å². The quantitative estimate of drug-likeness (QED) is 0.717. The number of aromatic nitrogens is 1. The largest absolute Gasteiger partial charge is 0.474 e. The van der Waals surface area contributed by atoms with Gasteiger partial charge in [-0.05, 0) is 19.1 Å². The second-order valence-corrected chi connectivity index (χ2v) is 3.54. The summed E-state index contributed by atoms with van der Waals surface area (Å²) in [5.41, 5.74) is 0.929. The average Bonchev–Trinajstić information content (AvgIpc) is 2.36. The number of rotatable bonds is 7. The van der Waals surface area contributed by atoms with Crippen molar-refractivity contribution in [2.45, 2.75) is 19.6 Å². The number of methoxy groups -OCH3 is 1. The molecule has 0 bridgehead atoms. The predicted octanol–water partition coefficient (Wildman–Crippen LogP) is 1.11. The van der Waals surface area contributed by atoms with E-state index < -0.39 is 6.10 Å². The Morgan fingerprint density at radius 2 is 2.35 bits per heavy atom. The van der Waals surface area contributed by atoms with Crippen molar-refractivity contribution in [3.05, 3.63) is 24.0 Å². The molecule has 5 nitrogen and oxygen atoms in total. The van der Waals surface area contributed by atoms with E-state index >= 15 is 0 Å². The molecule has 0 amide bonds. The van der Waals surface area contributed by atoms with Crippen molar-refractivity contribution in [1.82, 2.24) is 10.3 Å². The number of nitrogens with one attached hydrogen (secondary N) is 1. The Labute approximate surface area is 101 Å². The van der Waals surface area contributed by atoms with Crippen molar-refractivity contribution in [3.8, 4) is 11.8 Å². The van der Waals surface area contributed by atoms with Crippen LogP contribution in [-0.2, 0) is 11.3 Å². The van der Waals surface area contributed by atoms with E-state index in [-0.39, 0.29) is 0 Å². The van der Waals surface area contributed by atoms with Gasteiger partial charge in [0.15, 0.2) is 6.10 Å². The van der Waals surface area contributed by atoms with Gasteiger partial charge in [-0.2, -0.15) is 5.26 Å². The summed E-state index contributed by atoms with van der Waals surface area (Å²) in [7, 11) is 1.67. The smallest absolute Gasteiger partial charge is 0.181 e. The van der Waals surface area contributed by atoms with Crippen LogP contribution in [0.25, 0.3) is 0 Å². The highest BCUT2D eigenvalue weighted by atomic mass is 16.5. The van der Waals surface area contributed by atoms with Gasteiger partial charge in [0.25, 0.3) is 0 Å². The minimum Gasteiger partial charge on any atom is -0.474 e. The fourth-order valence-corrected chi connectivity index (χ4v) is 1.21. The molecule has 1 rings (SSSR count). The number of hydrogen-bond donors (Lipinski definition) is 1. The van der Waals surface area contributed by atoms with Gasteiger partial charge in [-0.1, -0.05) is 0 Å². The van der Waals surface area contributed by atoms with Gasteiger partial charge in [-0.25, -0.2) is 0 Å². The van der Waals surface area contributed by atoms with Gasteiger partial charge in [0.05, 0.1) is 18.5 Å². The molecule has 0 saturated carbocycles. The van der Waals surface area contributed by atoms with E-state index in [1.54, 1.807) is 20.2 Å². The van der Waals surface area contributed by atoms with Crippen LogP contribution in [0.5, 0.6) is 5.75 Å². The summed E-state index contributed by atoms with van der Waals surface area (Å²) >= 11 is 0. The molecule has 92 valence electrons. The number of ether oxygens (including phenoxy) is 2. The molecule has 1 heterocycles. The van der Waals surface area contributed by atoms with Crippen molar-refractivity contribution in [1.29, 1.82) is 5.26 Å². The maximum Gasteiger partial charge on any atom is 0.181 e. The van der Waals surface area contributed by atoms with E-state index in [9.17, 15) is 0 Å². The van der Waals surface area contributed by atoms with E-state index in [4.69, 9.17) is 14.7 Å². The van der Waals surface area contributed by atoms with Gasteiger partial charge in [0.1, 0.15) is 11.8 Å². The van der Waals surface area contributed by atoms with Crippen LogP contribution in [0.4, 0.5) is 0 Å². The lowest BCUT2D eigenvalue weighted by Crippen LogP contribution is -2.19. The summed E-state index contributed by atoms with van der Waals surface area (Å²) in [6.07, 6.45) is 1.17. The van der Waals surface area contributed by atoms with Crippen LogP contribution in [0.3, 0.4) is 0 Å². The maximum absolute atomic E-state index is 8.60. The van der Waals surface area contributed by atoms with Crippen molar-refractivity contribution in [3.63, 3.8) is 0 Å². The summed E-state index contributed by atoms with van der Waals surface area (Å²) in [6.45, 7) is 3.86. The molecule has 0 aromatic carbocycles. The monoisotopic (exact) mass is 235 g/mol. The highest BCUT2D eigenvalue weighted by Crippen LogP contribution is 2.10. The molecule has 1 N–H and O–H groups in total. The fourth-order valence-electron chi connectivity index (χ4n) is 1.21. The lowest BCUT2D eigenvalue weighted by Gasteiger charge is -2.08. The first kappa shape index (κ1) is 13.4. The van der Waals surface area contributed by atoms with Gasteiger partial charge in [-0.15, -0.1) is 0 Å². The molecular weight excluding hydrogens is 218 g/mol. The van der Waals surface area contributed by atoms with Crippen LogP contribution in [0.2, 0.25) is 0 Å². The molecule has 0 radical (unpaired) electrons. The molecule has 1 aromatic rings. The minimum atomic E-state index is -0.456. The van der Waals surface area contributed by atoms with Crippen LogP contribution in [0.15, 0.2) is 18.3 Å². The van der Waals surface area contributed by atoms with Gasteiger partial charge in [0, 0.05) is 20.2 Å². The third kappa shape index (κ3) is 5.29. The molecule has 0 aliphatic rings. The zero-order valence-corrected chi connectivity index (χ0v) is 10.1. The number of pyridine rings is 1. The van der Waals surface area contributed by atoms with Crippen molar-refractivity contribution >= 4 is 0 Å². The van der Waals surface area contributed by atoms with E-state index in [1.807, 2.05) is 18.2 Å². The van der Waals surface area contributed by atoms with Crippen LogP contribution < -0.4 is 10.1 Å². The Balaban J connectivity index is 2.37. The van der Waals surface area contributed by atoms with E-state index in [0.717, 1.165) is 12.2 Å². The first-order valence-corrected chi connectivity index (χ1v) is 5.47. The summed E-state index contributed by atoms with van der Waals surface area (Å²) < 4.78 is 10.2. The maximum atomic E-state index is 8.60. The molecule has 0 aliphatic carbocycles. The molecule has 0 spiro atoms. The van der Waals surface area contributed by atoms with Gasteiger partial charge >= 0.3 is 0 Å². The predicted molar refractivity (Wildman–Crippen MR) is 63.5 cm³/mol. The summed E-state index contributed by atoms with van der Waals surface area (Å²) in [4.78, 5) is 4.23. The molecule has 0 saturated heterocycles. The normalized spacial score (nSPS) is 11.8. The topological polar surface area (TPSA) is 67.2 Å². The third-order valence-electron chi connectivity index (χ3n) is 2.08. The van der Waals surface area contributed by atoms with Crippen LogP contribution >= 0.6 is 0 Å². The van der Waals surface area contributed by atoms with E-state index in [2.05, 4.69) is 10.3 Å². The molecule has 17 heavy (non-hydrogen) atoms. The number of nitriles is 1. The lowest BCUT2D eigenvalue weighted by molar-refractivity contribution is 0.199. The molecule has 5 heteroatoms. The molecule has 1 atom stereocenters.